The Morgan fingerprint density at radius 2 is 0.582 bits per heavy atom. The van der Waals surface area contributed by atoms with E-state index < -0.39 is 6.10 Å². The van der Waals surface area contributed by atoms with Gasteiger partial charge in [-0.05, 0) is 135 Å². The predicted molar refractivity (Wildman–Crippen MR) is 288 cm³/mol. The molecule has 0 aliphatic carbocycles. The molecule has 0 aliphatic heterocycles. The van der Waals surface area contributed by atoms with Crippen molar-refractivity contribution in [1.29, 1.82) is 0 Å². The summed E-state index contributed by atoms with van der Waals surface area (Å²) < 4.78 is 16.7. The van der Waals surface area contributed by atoms with Crippen LogP contribution in [0.4, 0.5) is 0 Å². The Balaban J connectivity index is 4.55. The second-order valence-corrected chi connectivity index (χ2v) is 17.0. The van der Waals surface area contributed by atoms with E-state index in [2.05, 4.69) is 154 Å². The Kier molecular flexibility index (Phi) is 50.6. The summed E-state index contributed by atoms with van der Waals surface area (Å²) in [6, 6.07) is 0. The van der Waals surface area contributed by atoms with Crippen molar-refractivity contribution in [3.8, 4) is 0 Å². The lowest BCUT2D eigenvalue weighted by atomic mass is 10.1. The van der Waals surface area contributed by atoms with Crippen LogP contribution in [0.3, 0.4) is 0 Å². The van der Waals surface area contributed by atoms with Gasteiger partial charge in [0.1, 0.15) is 13.2 Å². The van der Waals surface area contributed by atoms with Crippen LogP contribution in [0.2, 0.25) is 0 Å². The number of rotatable bonds is 46. The van der Waals surface area contributed by atoms with Gasteiger partial charge in [-0.3, -0.25) is 14.4 Å². The number of ether oxygens (including phenoxy) is 3. The highest BCUT2D eigenvalue weighted by molar-refractivity contribution is 5.71. The molecule has 0 aromatic carbocycles. The standard InChI is InChI=1S/C61H96O6/c1-4-7-10-13-16-19-22-25-28-29-30-31-34-36-39-42-45-48-51-54-60(63)66-57-58(67-61(64)55-52-49-46-43-40-37-33-27-24-21-18-15-12-9-6-3)56-65-59(62)53-50-47-44-41-38-35-32-26-23-20-17-14-11-8-5-2/h8-9,11-12,16-21,25-28,30-33,38,40-41,43,58H,4-7,10,13-15,22-24,29,34-37,39,42,44-57H2,1-3H3/b11-8-,12-9-,19-16-,20-17-,21-18-,28-25-,31-30-,32-26-,33-27-,41-38-,43-40-. The van der Waals surface area contributed by atoms with E-state index >= 15 is 0 Å². The molecule has 6 nitrogen and oxygen atoms in total. The van der Waals surface area contributed by atoms with Crippen molar-refractivity contribution < 1.29 is 28.6 Å². The van der Waals surface area contributed by atoms with E-state index in [0.717, 1.165) is 122 Å². The SMILES string of the molecule is CC/C=C\C/C=C\C/C=C\C/C=C\CCCCC(=O)OCC(COC(=O)CCCCCCCC/C=C\C/C=C\C/C=C\CCCCC)OC(=O)CCCC/C=C\C/C=C\C/C=C\C/C=C\CC. The monoisotopic (exact) mass is 925 g/mol. The average Bonchev–Trinajstić information content (AvgIpc) is 3.33. The van der Waals surface area contributed by atoms with Crippen LogP contribution in [0.25, 0.3) is 0 Å². The van der Waals surface area contributed by atoms with Gasteiger partial charge in [0.15, 0.2) is 6.10 Å². The van der Waals surface area contributed by atoms with Gasteiger partial charge in [0, 0.05) is 19.3 Å². The van der Waals surface area contributed by atoms with Gasteiger partial charge in [-0.15, -0.1) is 0 Å². The zero-order valence-electron chi connectivity index (χ0n) is 42.9. The molecule has 0 radical (unpaired) electrons. The molecule has 0 spiro atoms. The number of hydrogen-bond donors (Lipinski definition) is 0. The first-order valence-electron chi connectivity index (χ1n) is 26.7. The van der Waals surface area contributed by atoms with E-state index in [1.54, 1.807) is 0 Å². The van der Waals surface area contributed by atoms with Gasteiger partial charge in [-0.1, -0.05) is 193 Å². The summed E-state index contributed by atoms with van der Waals surface area (Å²) in [7, 11) is 0. The van der Waals surface area contributed by atoms with Gasteiger partial charge in [0.2, 0.25) is 0 Å². The van der Waals surface area contributed by atoms with Crippen LogP contribution in [0, 0.1) is 0 Å². The Morgan fingerprint density at radius 3 is 0.940 bits per heavy atom. The molecule has 1 atom stereocenters. The molecule has 0 fully saturated rings. The molecule has 0 aromatic rings. The zero-order valence-corrected chi connectivity index (χ0v) is 42.9. The van der Waals surface area contributed by atoms with Crippen LogP contribution in [0.1, 0.15) is 213 Å². The minimum atomic E-state index is -0.827. The first-order chi connectivity index (χ1) is 33.0. The van der Waals surface area contributed by atoms with Gasteiger partial charge in [0.25, 0.3) is 0 Å². The maximum Gasteiger partial charge on any atom is 0.306 e. The van der Waals surface area contributed by atoms with E-state index in [1.807, 2.05) is 0 Å². The molecule has 0 saturated carbocycles. The molecule has 0 rings (SSSR count). The van der Waals surface area contributed by atoms with Crippen molar-refractivity contribution in [2.24, 2.45) is 0 Å². The smallest absolute Gasteiger partial charge is 0.306 e. The van der Waals surface area contributed by atoms with Gasteiger partial charge in [0.05, 0.1) is 0 Å². The number of allylic oxidation sites excluding steroid dienone is 22. The quantitative estimate of drug-likeness (QED) is 0.0262. The van der Waals surface area contributed by atoms with E-state index in [-0.39, 0.29) is 44.0 Å². The van der Waals surface area contributed by atoms with Crippen molar-refractivity contribution in [2.45, 2.75) is 219 Å². The first kappa shape index (κ1) is 62.5. The van der Waals surface area contributed by atoms with Crippen LogP contribution >= 0.6 is 0 Å². The van der Waals surface area contributed by atoms with E-state index in [1.165, 1.54) is 38.5 Å². The summed E-state index contributed by atoms with van der Waals surface area (Å²) in [4.78, 5) is 38.0. The van der Waals surface area contributed by atoms with Crippen molar-refractivity contribution >= 4 is 17.9 Å². The predicted octanol–water partition coefficient (Wildman–Crippen LogP) is 17.9. The summed E-state index contributed by atoms with van der Waals surface area (Å²) in [5.41, 5.74) is 0. The normalized spacial score (nSPS) is 13.2. The van der Waals surface area contributed by atoms with Crippen molar-refractivity contribution in [1.82, 2.24) is 0 Å². The molecule has 0 saturated heterocycles. The molecule has 0 heterocycles. The van der Waals surface area contributed by atoms with Gasteiger partial charge in [-0.25, -0.2) is 0 Å². The Hall–Kier alpha value is -4.45. The molecule has 67 heavy (non-hydrogen) atoms. The maximum absolute atomic E-state index is 12.8. The summed E-state index contributed by atoms with van der Waals surface area (Å²) in [6.07, 6.45) is 75.8. The molecule has 0 N–H and O–H groups in total. The molecule has 0 aliphatic rings. The fourth-order valence-electron chi connectivity index (χ4n) is 6.66. The summed E-state index contributed by atoms with van der Waals surface area (Å²) >= 11 is 0. The van der Waals surface area contributed by atoms with E-state index in [0.29, 0.717) is 19.3 Å². The fraction of sp³-hybridized carbons (Fsp3) is 0.590. The van der Waals surface area contributed by atoms with E-state index in [4.69, 9.17) is 14.2 Å². The highest BCUT2D eigenvalue weighted by Crippen LogP contribution is 2.12. The minimum Gasteiger partial charge on any atom is -0.462 e. The highest BCUT2D eigenvalue weighted by atomic mass is 16.6. The lowest BCUT2D eigenvalue weighted by molar-refractivity contribution is -0.167. The molecule has 1 unspecified atom stereocenters. The second-order valence-electron chi connectivity index (χ2n) is 17.0. The zero-order chi connectivity index (χ0) is 48.6. The number of hydrogen-bond acceptors (Lipinski definition) is 6. The largest absolute Gasteiger partial charge is 0.462 e. The topological polar surface area (TPSA) is 78.9 Å². The second kappa shape index (κ2) is 54.2. The third-order valence-electron chi connectivity index (χ3n) is 10.6. The number of esters is 3. The maximum atomic E-state index is 12.8. The lowest BCUT2D eigenvalue weighted by Gasteiger charge is -2.18. The number of carbonyl (C=O) groups excluding carboxylic acids is 3. The van der Waals surface area contributed by atoms with Crippen molar-refractivity contribution in [3.63, 3.8) is 0 Å². The molecule has 0 aromatic heterocycles. The first-order valence-corrected chi connectivity index (χ1v) is 26.7. The summed E-state index contributed by atoms with van der Waals surface area (Å²) in [6.45, 7) is 6.28. The Labute approximate surface area is 411 Å². The molecule has 0 amide bonds. The molecular weight excluding hydrogens is 829 g/mol. The summed E-state index contributed by atoms with van der Waals surface area (Å²) in [5.74, 6) is -1.03. The molecular formula is C61H96O6. The third-order valence-corrected chi connectivity index (χ3v) is 10.6. The number of carbonyl (C=O) groups is 3. The summed E-state index contributed by atoms with van der Waals surface area (Å²) in [5, 5.41) is 0. The molecule has 376 valence electrons. The average molecular weight is 925 g/mol. The van der Waals surface area contributed by atoms with Gasteiger partial charge < -0.3 is 14.2 Å². The Morgan fingerprint density at radius 1 is 0.313 bits per heavy atom. The van der Waals surface area contributed by atoms with Crippen molar-refractivity contribution in [3.05, 3.63) is 134 Å². The van der Waals surface area contributed by atoms with E-state index in [9.17, 15) is 14.4 Å². The van der Waals surface area contributed by atoms with Crippen molar-refractivity contribution in [2.75, 3.05) is 13.2 Å². The van der Waals surface area contributed by atoms with Crippen LogP contribution in [0.5, 0.6) is 0 Å². The number of unbranched alkanes of at least 4 members (excludes halogenated alkanes) is 13. The molecule has 0 bridgehead atoms. The van der Waals surface area contributed by atoms with Gasteiger partial charge >= 0.3 is 17.9 Å². The van der Waals surface area contributed by atoms with Crippen LogP contribution in [0.15, 0.2) is 134 Å². The minimum absolute atomic E-state index is 0.120. The lowest BCUT2D eigenvalue weighted by Crippen LogP contribution is -2.30. The molecule has 6 heteroatoms. The van der Waals surface area contributed by atoms with Gasteiger partial charge in [-0.2, -0.15) is 0 Å². The fourth-order valence-corrected chi connectivity index (χ4v) is 6.66. The third kappa shape index (κ3) is 52.4. The van der Waals surface area contributed by atoms with Crippen LogP contribution < -0.4 is 0 Å². The van der Waals surface area contributed by atoms with Crippen LogP contribution in [-0.2, 0) is 28.6 Å². The highest BCUT2D eigenvalue weighted by Gasteiger charge is 2.19. The Bertz CT molecular complexity index is 1480. The van der Waals surface area contributed by atoms with Crippen LogP contribution in [-0.4, -0.2) is 37.2 Å².